The van der Waals surface area contributed by atoms with Crippen LogP contribution in [0.25, 0.3) is 0 Å². The van der Waals surface area contributed by atoms with E-state index in [0.717, 1.165) is 15.4 Å². The van der Waals surface area contributed by atoms with Crippen LogP contribution < -0.4 is 14.9 Å². The van der Waals surface area contributed by atoms with Crippen molar-refractivity contribution in [2.45, 2.75) is 18.2 Å². The minimum Gasteiger partial charge on any atom is -0.352 e. The number of benzene rings is 4. The van der Waals surface area contributed by atoms with Gasteiger partial charge in [0.2, 0.25) is 5.91 Å². The Morgan fingerprint density at radius 2 is 1.49 bits per heavy atom. The van der Waals surface area contributed by atoms with Crippen LogP contribution in [0.5, 0.6) is 0 Å². The molecule has 0 heterocycles. The predicted octanol–water partition coefficient (Wildman–Crippen LogP) is 5.45. The molecule has 4 aromatic rings. The maximum Gasteiger partial charge on any atom is 0.264 e. The Labute approximate surface area is 233 Å². The summed E-state index contributed by atoms with van der Waals surface area (Å²) in [6.45, 7) is 1.69. The number of halogens is 1. The van der Waals surface area contributed by atoms with Gasteiger partial charge in [-0.3, -0.25) is 13.9 Å². The maximum atomic E-state index is 13.6. The molecule has 2 amide bonds. The molecule has 0 aromatic heterocycles. The first-order chi connectivity index (χ1) is 18.8. The van der Waals surface area contributed by atoms with Crippen LogP contribution in [0.15, 0.2) is 108 Å². The number of hydrogen-bond acceptors (Lipinski definition) is 4. The predicted molar refractivity (Wildman–Crippen MR) is 155 cm³/mol. The highest BCUT2D eigenvalue weighted by Gasteiger charge is 2.28. The Hall–Kier alpha value is -4.14. The molecule has 4 aromatic carbocycles. The smallest absolute Gasteiger partial charge is 0.264 e. The summed E-state index contributed by atoms with van der Waals surface area (Å²) in [6, 6.07) is 29.0. The molecule has 0 atom stereocenters. The number of para-hydroxylation sites is 1. The van der Waals surface area contributed by atoms with Gasteiger partial charge in [-0.15, -0.1) is 0 Å². The van der Waals surface area contributed by atoms with Gasteiger partial charge in [-0.05, 0) is 60.9 Å². The molecule has 0 fully saturated rings. The Kier molecular flexibility index (Phi) is 9.01. The molecule has 0 saturated carbocycles. The number of aryl methyl sites for hydroxylation is 1. The van der Waals surface area contributed by atoms with Crippen LogP contribution in [0, 0.1) is 6.92 Å². The molecule has 4 rings (SSSR count). The zero-order chi connectivity index (χ0) is 27.8. The van der Waals surface area contributed by atoms with E-state index in [4.69, 9.17) is 11.6 Å². The van der Waals surface area contributed by atoms with Crippen molar-refractivity contribution < 1.29 is 18.0 Å². The van der Waals surface area contributed by atoms with Crippen LogP contribution in [-0.2, 0) is 21.2 Å². The minimum atomic E-state index is -4.10. The van der Waals surface area contributed by atoms with E-state index in [1.807, 2.05) is 30.3 Å². The lowest BCUT2D eigenvalue weighted by atomic mass is 10.1. The number of hydrogen-bond donors (Lipinski definition) is 2. The fraction of sp³-hybridized carbons (Fsp3) is 0.133. The van der Waals surface area contributed by atoms with Crippen LogP contribution in [0.1, 0.15) is 21.5 Å². The molecule has 200 valence electrons. The third kappa shape index (κ3) is 7.04. The van der Waals surface area contributed by atoms with Crippen LogP contribution in [0.3, 0.4) is 0 Å². The molecule has 2 N–H and O–H groups in total. The average molecular weight is 562 g/mol. The summed E-state index contributed by atoms with van der Waals surface area (Å²) in [5.41, 5.74) is 2.66. The van der Waals surface area contributed by atoms with Gasteiger partial charge in [0.25, 0.3) is 15.9 Å². The highest BCUT2D eigenvalue weighted by atomic mass is 35.5. The average Bonchev–Trinajstić information content (AvgIpc) is 2.94. The lowest BCUT2D eigenvalue weighted by Crippen LogP contribution is -2.38. The second kappa shape index (κ2) is 12.6. The molecular weight excluding hydrogens is 534 g/mol. The fourth-order valence-corrected chi connectivity index (χ4v) is 5.55. The zero-order valence-electron chi connectivity index (χ0n) is 21.3. The van der Waals surface area contributed by atoms with Crippen LogP contribution in [0.2, 0.25) is 5.02 Å². The SMILES string of the molecule is Cc1ccc(N(CC(=O)Nc2ccccc2C(=O)NCCc2ccccc2)S(=O)(=O)c2ccccc2)cc1Cl. The molecule has 7 nitrogen and oxygen atoms in total. The summed E-state index contributed by atoms with van der Waals surface area (Å²) in [7, 11) is -4.10. The number of rotatable bonds is 10. The quantitative estimate of drug-likeness (QED) is 0.269. The van der Waals surface area contributed by atoms with Gasteiger partial charge in [-0.2, -0.15) is 0 Å². The number of carbonyl (C=O) groups excluding carboxylic acids is 2. The summed E-state index contributed by atoms with van der Waals surface area (Å²) in [4.78, 5) is 26.2. The Balaban J connectivity index is 1.53. The molecule has 0 aliphatic rings. The highest BCUT2D eigenvalue weighted by molar-refractivity contribution is 7.92. The molecular formula is C30H28ClN3O4S. The summed E-state index contributed by atoms with van der Waals surface area (Å²) in [6.07, 6.45) is 0.659. The van der Waals surface area contributed by atoms with E-state index in [2.05, 4.69) is 10.6 Å². The van der Waals surface area contributed by atoms with E-state index >= 15 is 0 Å². The number of carbonyl (C=O) groups is 2. The molecule has 0 unspecified atom stereocenters. The number of nitrogens with zero attached hydrogens (tertiary/aromatic N) is 1. The normalized spacial score (nSPS) is 11.0. The summed E-state index contributed by atoms with van der Waals surface area (Å²) < 4.78 is 28.1. The zero-order valence-corrected chi connectivity index (χ0v) is 22.9. The van der Waals surface area contributed by atoms with Gasteiger partial charge >= 0.3 is 0 Å². The molecule has 0 saturated heterocycles. The van der Waals surface area contributed by atoms with Crippen LogP contribution >= 0.6 is 11.6 Å². The lowest BCUT2D eigenvalue weighted by Gasteiger charge is -2.25. The number of nitrogens with one attached hydrogen (secondary N) is 2. The molecule has 0 bridgehead atoms. The van der Waals surface area contributed by atoms with E-state index in [0.29, 0.717) is 18.0 Å². The number of sulfonamides is 1. The first-order valence-electron chi connectivity index (χ1n) is 12.3. The molecule has 0 radical (unpaired) electrons. The first kappa shape index (κ1) is 27.9. The van der Waals surface area contributed by atoms with E-state index in [9.17, 15) is 18.0 Å². The van der Waals surface area contributed by atoms with Crippen LogP contribution in [0.4, 0.5) is 11.4 Å². The van der Waals surface area contributed by atoms with Gasteiger partial charge < -0.3 is 10.6 Å². The van der Waals surface area contributed by atoms with Gasteiger partial charge in [0.15, 0.2) is 0 Å². The van der Waals surface area contributed by atoms with Crippen molar-refractivity contribution >= 4 is 44.8 Å². The van der Waals surface area contributed by atoms with Gasteiger partial charge in [-0.1, -0.05) is 78.3 Å². The number of amides is 2. The molecule has 39 heavy (non-hydrogen) atoms. The third-order valence-corrected chi connectivity index (χ3v) is 8.24. The van der Waals surface area contributed by atoms with Gasteiger partial charge in [0.05, 0.1) is 21.8 Å². The number of anilines is 2. The standard InChI is InChI=1S/C30H28ClN3O4S/c1-22-16-17-24(20-27(22)31)34(39(37,38)25-12-6-3-7-13-25)21-29(35)33-28-15-9-8-14-26(28)30(36)32-19-18-23-10-4-2-5-11-23/h2-17,20H,18-19,21H2,1H3,(H,32,36)(H,33,35). The van der Waals surface area contributed by atoms with Crippen molar-refractivity contribution in [3.63, 3.8) is 0 Å². The topological polar surface area (TPSA) is 95.6 Å². The van der Waals surface area contributed by atoms with E-state index in [1.54, 1.807) is 61.5 Å². The van der Waals surface area contributed by atoms with Crippen LogP contribution in [-0.4, -0.2) is 33.3 Å². The van der Waals surface area contributed by atoms with Gasteiger partial charge in [-0.25, -0.2) is 8.42 Å². The van der Waals surface area contributed by atoms with Crippen molar-refractivity contribution in [3.05, 3.63) is 125 Å². The summed E-state index contributed by atoms with van der Waals surface area (Å²) >= 11 is 6.29. The molecule has 0 aliphatic carbocycles. The second-order valence-electron chi connectivity index (χ2n) is 8.84. The first-order valence-corrected chi connectivity index (χ1v) is 14.1. The maximum absolute atomic E-state index is 13.6. The van der Waals surface area contributed by atoms with Crippen molar-refractivity contribution in [2.75, 3.05) is 22.7 Å². The minimum absolute atomic E-state index is 0.0349. The molecule has 0 spiro atoms. The highest BCUT2D eigenvalue weighted by Crippen LogP contribution is 2.28. The lowest BCUT2D eigenvalue weighted by molar-refractivity contribution is -0.114. The van der Waals surface area contributed by atoms with Crippen molar-refractivity contribution in [1.82, 2.24) is 5.32 Å². The summed E-state index contributed by atoms with van der Waals surface area (Å²) in [5, 5.41) is 5.96. The van der Waals surface area contributed by atoms with E-state index in [-0.39, 0.29) is 27.7 Å². The molecule has 9 heteroatoms. The van der Waals surface area contributed by atoms with Gasteiger partial charge in [0.1, 0.15) is 6.54 Å². The molecule has 0 aliphatic heterocycles. The second-order valence-corrected chi connectivity index (χ2v) is 11.1. The van der Waals surface area contributed by atoms with Crippen molar-refractivity contribution in [1.29, 1.82) is 0 Å². The monoisotopic (exact) mass is 561 g/mol. The van der Waals surface area contributed by atoms with Crippen molar-refractivity contribution in [3.8, 4) is 0 Å². The van der Waals surface area contributed by atoms with E-state index < -0.39 is 22.5 Å². The van der Waals surface area contributed by atoms with E-state index in [1.165, 1.54) is 18.2 Å². The Morgan fingerprint density at radius 3 is 2.18 bits per heavy atom. The third-order valence-electron chi connectivity index (χ3n) is 6.05. The Bertz CT molecular complexity index is 1560. The largest absolute Gasteiger partial charge is 0.352 e. The van der Waals surface area contributed by atoms with Gasteiger partial charge in [0, 0.05) is 11.6 Å². The van der Waals surface area contributed by atoms with Crippen molar-refractivity contribution in [2.24, 2.45) is 0 Å². The Morgan fingerprint density at radius 1 is 0.846 bits per heavy atom. The fourth-order valence-electron chi connectivity index (χ4n) is 3.94. The summed E-state index contributed by atoms with van der Waals surface area (Å²) in [5.74, 6) is -0.961.